The zero-order valence-corrected chi connectivity index (χ0v) is 10.8. The standard InChI is InChI=1S/C11H17F3N2OS/c12-11(13,14)8(10(15)18)7-16-6-4-2-1-3-5-9(16)17/h8H,1-7H2,(H2,15,18). The number of carbonyl (C=O) groups is 1. The van der Waals surface area contributed by atoms with Gasteiger partial charge in [-0.1, -0.05) is 25.1 Å². The van der Waals surface area contributed by atoms with E-state index in [-0.39, 0.29) is 5.91 Å². The SMILES string of the molecule is NC(=S)C(CN1CCCCCCC1=O)C(F)(F)F. The van der Waals surface area contributed by atoms with Crippen molar-refractivity contribution in [2.75, 3.05) is 13.1 Å². The van der Waals surface area contributed by atoms with Gasteiger partial charge in [0.1, 0.15) is 5.92 Å². The van der Waals surface area contributed by atoms with Crippen molar-refractivity contribution in [1.29, 1.82) is 0 Å². The van der Waals surface area contributed by atoms with Gasteiger partial charge in [-0.3, -0.25) is 4.79 Å². The van der Waals surface area contributed by atoms with Gasteiger partial charge in [-0.05, 0) is 12.8 Å². The molecule has 1 rings (SSSR count). The summed E-state index contributed by atoms with van der Waals surface area (Å²) in [5, 5.41) is 0. The fourth-order valence-corrected chi connectivity index (χ4v) is 2.19. The zero-order chi connectivity index (χ0) is 13.8. The first-order chi connectivity index (χ1) is 8.32. The molecule has 7 heteroatoms. The van der Waals surface area contributed by atoms with Crippen LogP contribution in [0.4, 0.5) is 13.2 Å². The first kappa shape index (κ1) is 15.2. The van der Waals surface area contributed by atoms with Gasteiger partial charge < -0.3 is 10.6 Å². The fraction of sp³-hybridized carbons (Fsp3) is 0.818. The minimum absolute atomic E-state index is 0.236. The number of alkyl halides is 3. The molecule has 1 saturated heterocycles. The van der Waals surface area contributed by atoms with Crippen LogP contribution in [0.1, 0.15) is 32.1 Å². The van der Waals surface area contributed by atoms with Gasteiger partial charge in [0.05, 0.1) is 4.99 Å². The minimum Gasteiger partial charge on any atom is -0.393 e. The van der Waals surface area contributed by atoms with E-state index in [2.05, 4.69) is 12.2 Å². The van der Waals surface area contributed by atoms with Gasteiger partial charge in [0.15, 0.2) is 0 Å². The second kappa shape index (κ2) is 6.36. The summed E-state index contributed by atoms with van der Waals surface area (Å²) >= 11 is 4.45. The molecule has 0 aliphatic carbocycles. The second-order valence-electron chi connectivity index (χ2n) is 4.50. The van der Waals surface area contributed by atoms with Crippen LogP contribution in [-0.4, -0.2) is 35.1 Å². The molecule has 1 atom stereocenters. The molecule has 0 aromatic rings. The Kier molecular flexibility index (Phi) is 5.37. The molecular weight excluding hydrogens is 265 g/mol. The summed E-state index contributed by atoms with van der Waals surface area (Å²) in [7, 11) is 0. The molecule has 0 saturated carbocycles. The third-order valence-corrected chi connectivity index (χ3v) is 3.35. The van der Waals surface area contributed by atoms with Crippen molar-refractivity contribution < 1.29 is 18.0 Å². The largest absolute Gasteiger partial charge is 0.399 e. The smallest absolute Gasteiger partial charge is 0.393 e. The average Bonchev–Trinajstić information content (AvgIpc) is 2.20. The van der Waals surface area contributed by atoms with E-state index in [1.165, 1.54) is 4.90 Å². The highest BCUT2D eigenvalue weighted by Gasteiger charge is 2.43. The minimum atomic E-state index is -4.49. The summed E-state index contributed by atoms with van der Waals surface area (Å²) in [6.45, 7) is -0.0916. The summed E-state index contributed by atoms with van der Waals surface area (Å²) in [5.41, 5.74) is 5.13. The highest BCUT2D eigenvalue weighted by atomic mass is 32.1. The van der Waals surface area contributed by atoms with Crippen LogP contribution in [0.2, 0.25) is 0 Å². The van der Waals surface area contributed by atoms with Gasteiger partial charge in [0.25, 0.3) is 0 Å². The summed E-state index contributed by atoms with van der Waals surface area (Å²) in [4.78, 5) is 12.4. The first-order valence-corrected chi connectivity index (χ1v) is 6.37. The molecule has 1 heterocycles. The molecule has 1 amide bonds. The van der Waals surface area contributed by atoms with Crippen LogP contribution in [0.15, 0.2) is 0 Å². The molecule has 104 valence electrons. The predicted molar refractivity (Wildman–Crippen MR) is 66.0 cm³/mol. The number of hydrogen-bond acceptors (Lipinski definition) is 2. The molecule has 3 nitrogen and oxygen atoms in total. The van der Waals surface area contributed by atoms with Gasteiger partial charge in [-0.2, -0.15) is 13.2 Å². The van der Waals surface area contributed by atoms with Crippen LogP contribution in [0.3, 0.4) is 0 Å². The zero-order valence-electron chi connectivity index (χ0n) is 10.0. The van der Waals surface area contributed by atoms with E-state index >= 15 is 0 Å². The van der Waals surface area contributed by atoms with Gasteiger partial charge in [-0.25, -0.2) is 0 Å². The Morgan fingerprint density at radius 1 is 1.33 bits per heavy atom. The van der Waals surface area contributed by atoms with E-state index in [0.29, 0.717) is 13.0 Å². The Balaban J connectivity index is 2.71. The first-order valence-electron chi connectivity index (χ1n) is 5.96. The molecule has 1 unspecified atom stereocenters. The number of nitrogens with zero attached hydrogens (tertiary/aromatic N) is 1. The van der Waals surface area contributed by atoms with Crippen molar-refractivity contribution in [3.05, 3.63) is 0 Å². The average molecular weight is 282 g/mol. The Morgan fingerprint density at radius 3 is 2.50 bits per heavy atom. The molecule has 1 fully saturated rings. The number of hydrogen-bond donors (Lipinski definition) is 1. The monoisotopic (exact) mass is 282 g/mol. The van der Waals surface area contributed by atoms with E-state index in [1.807, 2.05) is 0 Å². The van der Waals surface area contributed by atoms with Crippen molar-refractivity contribution in [3.63, 3.8) is 0 Å². The number of thiocarbonyl (C=S) groups is 1. The summed E-state index contributed by atoms with van der Waals surface area (Å²) in [6, 6.07) is 0. The van der Waals surface area contributed by atoms with E-state index in [4.69, 9.17) is 5.73 Å². The Hall–Kier alpha value is -0.850. The van der Waals surface area contributed by atoms with Gasteiger partial charge in [0.2, 0.25) is 5.91 Å². The molecule has 1 aliphatic heterocycles. The van der Waals surface area contributed by atoms with Crippen LogP contribution < -0.4 is 5.73 Å². The molecule has 2 N–H and O–H groups in total. The molecule has 1 aliphatic rings. The molecule has 0 aromatic heterocycles. The Labute approximate surface area is 109 Å². The Bertz CT molecular complexity index is 320. The van der Waals surface area contributed by atoms with Crippen molar-refractivity contribution in [1.82, 2.24) is 4.90 Å². The number of nitrogens with two attached hydrogens (primary N) is 1. The molecule has 0 spiro atoms. The van der Waals surface area contributed by atoms with E-state index < -0.39 is 23.6 Å². The predicted octanol–water partition coefficient (Wildman–Crippen LogP) is 2.24. The lowest BCUT2D eigenvalue weighted by Crippen LogP contribution is -2.46. The van der Waals surface area contributed by atoms with E-state index in [9.17, 15) is 18.0 Å². The maximum Gasteiger partial charge on any atom is 0.399 e. The van der Waals surface area contributed by atoms with Crippen molar-refractivity contribution in [2.45, 2.75) is 38.3 Å². The lowest BCUT2D eigenvalue weighted by Gasteiger charge is -2.29. The summed E-state index contributed by atoms with van der Waals surface area (Å²) in [6.07, 6.45) is -0.825. The fourth-order valence-electron chi connectivity index (χ4n) is 1.98. The molecule has 18 heavy (non-hydrogen) atoms. The third-order valence-electron chi connectivity index (χ3n) is 3.06. The molecular formula is C11H17F3N2OS. The van der Waals surface area contributed by atoms with Crippen LogP contribution >= 0.6 is 12.2 Å². The number of carbonyl (C=O) groups excluding carboxylic acids is 1. The summed E-state index contributed by atoms with van der Waals surface area (Å²) < 4.78 is 38.2. The topological polar surface area (TPSA) is 46.3 Å². The molecule has 0 bridgehead atoms. The highest BCUT2D eigenvalue weighted by molar-refractivity contribution is 7.80. The van der Waals surface area contributed by atoms with Gasteiger partial charge in [0, 0.05) is 19.5 Å². The van der Waals surface area contributed by atoms with E-state index in [0.717, 1.165) is 25.7 Å². The van der Waals surface area contributed by atoms with Crippen LogP contribution in [0.25, 0.3) is 0 Å². The maximum atomic E-state index is 12.7. The van der Waals surface area contributed by atoms with Gasteiger partial charge in [-0.15, -0.1) is 0 Å². The number of halogens is 3. The van der Waals surface area contributed by atoms with Crippen molar-refractivity contribution in [3.8, 4) is 0 Å². The van der Waals surface area contributed by atoms with E-state index in [1.54, 1.807) is 0 Å². The molecule has 0 aromatic carbocycles. The third kappa shape index (κ3) is 4.44. The number of likely N-dealkylation sites (tertiary alicyclic amines) is 1. The lowest BCUT2D eigenvalue weighted by molar-refractivity contribution is -0.162. The second-order valence-corrected chi connectivity index (χ2v) is 4.97. The van der Waals surface area contributed by atoms with Gasteiger partial charge >= 0.3 is 6.18 Å². The lowest BCUT2D eigenvalue weighted by atomic mass is 10.0. The number of amides is 1. The Morgan fingerprint density at radius 2 is 1.94 bits per heavy atom. The van der Waals surface area contributed by atoms with Crippen LogP contribution in [0.5, 0.6) is 0 Å². The maximum absolute atomic E-state index is 12.7. The molecule has 0 radical (unpaired) electrons. The van der Waals surface area contributed by atoms with Crippen LogP contribution in [0, 0.1) is 5.92 Å². The number of rotatable bonds is 3. The van der Waals surface area contributed by atoms with Crippen molar-refractivity contribution in [2.24, 2.45) is 11.7 Å². The quantitative estimate of drug-likeness (QED) is 0.808. The summed E-state index contributed by atoms with van der Waals surface area (Å²) in [5.74, 6) is -2.14. The normalized spacial score (nSPS) is 20.2. The van der Waals surface area contributed by atoms with Crippen molar-refractivity contribution >= 4 is 23.1 Å². The van der Waals surface area contributed by atoms with Crippen LogP contribution in [-0.2, 0) is 4.79 Å². The highest BCUT2D eigenvalue weighted by Crippen LogP contribution is 2.28.